The van der Waals surface area contributed by atoms with Crippen LogP contribution < -0.4 is 5.32 Å². The van der Waals surface area contributed by atoms with E-state index in [1.807, 2.05) is 32.0 Å². The van der Waals surface area contributed by atoms with E-state index >= 15 is 0 Å². The Labute approximate surface area is 186 Å². The van der Waals surface area contributed by atoms with E-state index in [1.165, 1.54) is 12.4 Å². The second-order valence-electron chi connectivity index (χ2n) is 8.93. The van der Waals surface area contributed by atoms with E-state index in [9.17, 15) is 23.1 Å². The topological polar surface area (TPSA) is 65.5 Å². The molecule has 0 unspecified atom stereocenters. The zero-order valence-corrected chi connectivity index (χ0v) is 18.6. The van der Waals surface area contributed by atoms with Crippen molar-refractivity contribution < 1.29 is 23.1 Å². The van der Waals surface area contributed by atoms with E-state index in [1.54, 1.807) is 24.3 Å². The zero-order chi connectivity index (χ0) is 23.5. The highest BCUT2D eigenvalue weighted by Gasteiger charge is 2.67. The largest absolute Gasteiger partial charge is 0.508 e. The van der Waals surface area contributed by atoms with Gasteiger partial charge in [-0.15, -0.1) is 0 Å². The van der Waals surface area contributed by atoms with Gasteiger partial charge in [0.1, 0.15) is 5.75 Å². The van der Waals surface area contributed by atoms with Gasteiger partial charge in [-0.1, -0.05) is 12.1 Å². The van der Waals surface area contributed by atoms with E-state index in [-0.39, 0.29) is 31.1 Å². The van der Waals surface area contributed by atoms with Gasteiger partial charge in [0.05, 0.1) is 5.41 Å². The summed E-state index contributed by atoms with van der Waals surface area (Å²) < 4.78 is 41.5. The molecule has 32 heavy (non-hydrogen) atoms. The SMILES string of the molecule is Cc1cc(O)ccc1C[C@@H](CNC(=O)C[C@H](c1cccnc1)C1(C(F)(F)F)CC1)N(C)C. The number of pyridine rings is 1. The van der Waals surface area contributed by atoms with Crippen LogP contribution in [0.1, 0.15) is 41.9 Å². The Bertz CT molecular complexity index is 928. The number of aromatic hydroxyl groups is 1. The molecular weight excluding hydrogens is 419 g/mol. The molecule has 1 aliphatic carbocycles. The average molecular weight is 450 g/mol. The Morgan fingerprint density at radius 1 is 1.28 bits per heavy atom. The second-order valence-corrected chi connectivity index (χ2v) is 8.93. The molecule has 1 heterocycles. The lowest BCUT2D eigenvalue weighted by molar-refractivity contribution is -0.194. The Morgan fingerprint density at radius 3 is 2.53 bits per heavy atom. The third-order valence-electron chi connectivity index (χ3n) is 6.54. The maximum Gasteiger partial charge on any atom is 0.395 e. The standard InChI is InChI=1S/C24H30F3N3O2/c1-16-11-20(31)7-6-17(16)12-19(30(2)3)15-29-22(32)13-21(18-5-4-10-28-14-18)23(8-9-23)24(25,26)27/h4-7,10-11,14,19,21,31H,8-9,12-13,15H2,1-3H3,(H,29,32)/t19-,21+/m0/s1. The molecule has 0 aliphatic heterocycles. The number of carbonyl (C=O) groups is 1. The third-order valence-corrected chi connectivity index (χ3v) is 6.54. The van der Waals surface area contributed by atoms with E-state index in [0.717, 1.165) is 11.1 Å². The van der Waals surface area contributed by atoms with Crippen molar-refractivity contribution >= 4 is 5.91 Å². The molecule has 1 fully saturated rings. The summed E-state index contributed by atoms with van der Waals surface area (Å²) in [5.74, 6) is -1.15. The molecule has 2 atom stereocenters. The summed E-state index contributed by atoms with van der Waals surface area (Å²) >= 11 is 0. The molecular formula is C24H30F3N3O2. The summed E-state index contributed by atoms with van der Waals surface area (Å²) in [7, 11) is 3.79. The van der Waals surface area contributed by atoms with Gasteiger partial charge in [-0.25, -0.2) is 0 Å². The molecule has 174 valence electrons. The van der Waals surface area contributed by atoms with Crippen molar-refractivity contribution in [3.05, 3.63) is 59.4 Å². The van der Waals surface area contributed by atoms with E-state index in [2.05, 4.69) is 10.3 Å². The predicted molar refractivity (Wildman–Crippen MR) is 116 cm³/mol. The summed E-state index contributed by atoms with van der Waals surface area (Å²) in [5.41, 5.74) is 0.581. The Kier molecular flexibility index (Phi) is 7.12. The number of phenols is 1. The monoisotopic (exact) mass is 449 g/mol. The number of phenolic OH excluding ortho intramolecular Hbond substituents is 1. The zero-order valence-electron chi connectivity index (χ0n) is 18.6. The number of rotatable bonds is 9. The average Bonchev–Trinajstić information content (AvgIpc) is 3.53. The third kappa shape index (κ3) is 5.41. The van der Waals surface area contributed by atoms with Crippen molar-refractivity contribution in [2.45, 2.75) is 50.7 Å². The van der Waals surface area contributed by atoms with Gasteiger partial charge in [-0.05, 0) is 75.2 Å². The first-order valence-corrected chi connectivity index (χ1v) is 10.7. The molecule has 0 radical (unpaired) electrons. The van der Waals surface area contributed by atoms with Crippen LogP contribution in [-0.2, 0) is 11.2 Å². The first-order chi connectivity index (χ1) is 15.0. The number of benzene rings is 1. The number of aryl methyl sites for hydroxylation is 1. The minimum absolute atomic E-state index is 0.0315. The highest BCUT2D eigenvalue weighted by Crippen LogP contribution is 2.66. The number of carbonyl (C=O) groups excluding carboxylic acids is 1. The van der Waals surface area contributed by atoms with Crippen molar-refractivity contribution in [2.24, 2.45) is 5.41 Å². The fourth-order valence-electron chi connectivity index (χ4n) is 4.27. The first kappa shape index (κ1) is 24.0. The molecule has 3 rings (SSSR count). The van der Waals surface area contributed by atoms with Gasteiger partial charge in [0.2, 0.25) is 5.91 Å². The Balaban J connectivity index is 1.69. The molecule has 2 N–H and O–H groups in total. The highest BCUT2D eigenvalue weighted by atomic mass is 19.4. The minimum atomic E-state index is -4.36. The van der Waals surface area contributed by atoms with Crippen LogP contribution in [0.2, 0.25) is 0 Å². The van der Waals surface area contributed by atoms with Crippen molar-refractivity contribution in [1.29, 1.82) is 0 Å². The lowest BCUT2D eigenvalue weighted by Gasteiger charge is -2.30. The fraction of sp³-hybridized carbons (Fsp3) is 0.500. The van der Waals surface area contributed by atoms with E-state index < -0.39 is 23.4 Å². The van der Waals surface area contributed by atoms with Gasteiger partial charge >= 0.3 is 6.18 Å². The van der Waals surface area contributed by atoms with Gasteiger partial charge in [0, 0.05) is 37.3 Å². The number of hydrogen-bond donors (Lipinski definition) is 2. The van der Waals surface area contributed by atoms with E-state index in [4.69, 9.17) is 0 Å². The van der Waals surface area contributed by atoms with Gasteiger partial charge in [-0.3, -0.25) is 9.78 Å². The summed E-state index contributed by atoms with van der Waals surface area (Å²) in [5, 5.41) is 12.5. The van der Waals surface area contributed by atoms with Gasteiger partial charge in [0.15, 0.2) is 0 Å². The maximum absolute atomic E-state index is 13.8. The summed E-state index contributed by atoms with van der Waals surface area (Å²) in [6.45, 7) is 2.22. The smallest absolute Gasteiger partial charge is 0.395 e. The van der Waals surface area contributed by atoms with Crippen LogP contribution in [0.5, 0.6) is 5.75 Å². The van der Waals surface area contributed by atoms with Crippen LogP contribution in [-0.4, -0.2) is 53.8 Å². The van der Waals surface area contributed by atoms with Gasteiger partial charge in [0.25, 0.3) is 0 Å². The molecule has 1 saturated carbocycles. The van der Waals surface area contributed by atoms with Crippen molar-refractivity contribution in [2.75, 3.05) is 20.6 Å². The summed E-state index contributed by atoms with van der Waals surface area (Å²) in [6, 6.07) is 8.34. The molecule has 0 saturated heterocycles. The summed E-state index contributed by atoms with van der Waals surface area (Å²) in [6.07, 6.45) is -0.952. The number of amides is 1. The summed E-state index contributed by atoms with van der Waals surface area (Å²) in [4.78, 5) is 18.7. The molecule has 1 aromatic heterocycles. The van der Waals surface area contributed by atoms with Crippen LogP contribution in [0.15, 0.2) is 42.7 Å². The van der Waals surface area contributed by atoms with Crippen LogP contribution in [0, 0.1) is 12.3 Å². The Morgan fingerprint density at radius 2 is 2.00 bits per heavy atom. The molecule has 1 aliphatic rings. The fourth-order valence-corrected chi connectivity index (χ4v) is 4.27. The van der Waals surface area contributed by atoms with Crippen molar-refractivity contribution in [3.8, 4) is 5.75 Å². The molecule has 0 bridgehead atoms. The number of hydrogen-bond acceptors (Lipinski definition) is 4. The first-order valence-electron chi connectivity index (χ1n) is 10.7. The van der Waals surface area contributed by atoms with Crippen molar-refractivity contribution in [1.82, 2.24) is 15.2 Å². The quantitative estimate of drug-likeness (QED) is 0.602. The molecule has 1 amide bonds. The highest BCUT2D eigenvalue weighted by molar-refractivity contribution is 5.77. The van der Waals surface area contributed by atoms with Gasteiger partial charge < -0.3 is 15.3 Å². The number of likely N-dealkylation sites (N-methyl/N-ethyl adjacent to an activating group) is 1. The number of halogens is 3. The maximum atomic E-state index is 13.8. The Hall–Kier alpha value is -2.61. The van der Waals surface area contributed by atoms with Crippen molar-refractivity contribution in [3.63, 3.8) is 0 Å². The molecule has 5 nitrogen and oxygen atoms in total. The van der Waals surface area contributed by atoms with Crippen LogP contribution in [0.4, 0.5) is 13.2 Å². The molecule has 1 aromatic carbocycles. The van der Waals surface area contributed by atoms with Gasteiger partial charge in [-0.2, -0.15) is 13.2 Å². The minimum Gasteiger partial charge on any atom is -0.508 e. The van der Waals surface area contributed by atoms with E-state index in [0.29, 0.717) is 18.5 Å². The van der Waals surface area contributed by atoms with Crippen LogP contribution in [0.3, 0.4) is 0 Å². The van der Waals surface area contributed by atoms with Crippen LogP contribution >= 0.6 is 0 Å². The molecule has 0 spiro atoms. The lowest BCUT2D eigenvalue weighted by Crippen LogP contribution is -2.43. The second kappa shape index (κ2) is 9.48. The number of alkyl halides is 3. The van der Waals surface area contributed by atoms with Crippen LogP contribution in [0.25, 0.3) is 0 Å². The lowest BCUT2D eigenvalue weighted by atomic mass is 9.80. The molecule has 8 heteroatoms. The number of aromatic nitrogens is 1. The molecule has 2 aromatic rings. The predicted octanol–water partition coefficient (Wildman–Crippen LogP) is 4.20. The normalized spacial score (nSPS) is 17.1. The number of nitrogens with zero attached hydrogens (tertiary/aromatic N) is 2. The number of nitrogens with one attached hydrogen (secondary N) is 1.